The third-order valence-corrected chi connectivity index (χ3v) is 7.19. The maximum atomic E-state index is 13.0. The lowest BCUT2D eigenvalue weighted by molar-refractivity contribution is 0.482. The molecule has 0 atom stereocenters. The van der Waals surface area contributed by atoms with Gasteiger partial charge >= 0.3 is 0 Å². The Morgan fingerprint density at radius 2 is 0.758 bits per heavy atom. The number of hydrogen-bond acceptors (Lipinski definition) is 4. The lowest BCUT2D eigenvalue weighted by Gasteiger charge is -2.10. The minimum absolute atomic E-state index is 0.208. The topological polar surface area (TPSA) is 52.6 Å². The number of sulfone groups is 1. The van der Waals surface area contributed by atoms with E-state index >= 15 is 0 Å². The van der Waals surface area contributed by atoms with Crippen LogP contribution in [0.5, 0.6) is 23.0 Å². The van der Waals surface area contributed by atoms with Gasteiger partial charge in [-0.15, -0.1) is 0 Å². The highest BCUT2D eigenvalue weighted by atomic mass is 32.2. The molecule has 0 heterocycles. The van der Waals surface area contributed by atoms with E-state index in [4.69, 9.17) is 9.47 Å². The molecule has 0 bridgehead atoms. The average molecular weight is 459 g/mol. The van der Waals surface area contributed by atoms with E-state index in [9.17, 15) is 8.42 Å². The molecule has 0 radical (unpaired) electrons. The summed E-state index contributed by atoms with van der Waals surface area (Å²) in [6, 6.07) is 28.6. The van der Waals surface area contributed by atoms with E-state index in [1.54, 1.807) is 48.5 Å². The Morgan fingerprint density at radius 1 is 0.485 bits per heavy atom. The van der Waals surface area contributed by atoms with Gasteiger partial charge in [-0.25, -0.2) is 8.42 Å². The fourth-order valence-electron chi connectivity index (χ4n) is 3.37. The molecule has 0 fully saturated rings. The fraction of sp³-hybridized carbons (Fsp3) is 0.143. The van der Waals surface area contributed by atoms with Crippen LogP contribution in [0.1, 0.15) is 25.0 Å². The van der Waals surface area contributed by atoms with E-state index in [1.807, 2.05) is 48.5 Å². The second kappa shape index (κ2) is 9.92. The van der Waals surface area contributed by atoms with Crippen molar-refractivity contribution in [2.24, 2.45) is 0 Å². The van der Waals surface area contributed by atoms with E-state index in [0.29, 0.717) is 23.0 Å². The molecule has 4 nitrogen and oxygen atoms in total. The van der Waals surface area contributed by atoms with Gasteiger partial charge in [-0.05, 0) is 96.8 Å². The van der Waals surface area contributed by atoms with Crippen LogP contribution in [0.4, 0.5) is 0 Å². The Balaban J connectivity index is 1.45. The van der Waals surface area contributed by atoms with Crippen LogP contribution in [0.15, 0.2) is 107 Å². The summed E-state index contributed by atoms with van der Waals surface area (Å²) in [6.07, 6.45) is 1.93. The van der Waals surface area contributed by atoms with Crippen molar-refractivity contribution in [2.75, 3.05) is 0 Å². The molecule has 0 aliphatic carbocycles. The van der Waals surface area contributed by atoms with E-state index in [-0.39, 0.29) is 9.79 Å². The smallest absolute Gasteiger partial charge is 0.206 e. The van der Waals surface area contributed by atoms with Crippen LogP contribution < -0.4 is 9.47 Å². The number of ether oxygens (including phenoxy) is 2. The molecule has 0 saturated carbocycles. The molecule has 0 spiro atoms. The highest BCUT2D eigenvalue weighted by Gasteiger charge is 2.18. The molecule has 4 aromatic rings. The minimum atomic E-state index is -3.65. The Hall–Kier alpha value is -3.57. The molecule has 0 aliphatic heterocycles. The van der Waals surface area contributed by atoms with Gasteiger partial charge in [0.05, 0.1) is 9.79 Å². The predicted molar refractivity (Wildman–Crippen MR) is 130 cm³/mol. The van der Waals surface area contributed by atoms with Crippen molar-refractivity contribution in [1.29, 1.82) is 0 Å². The quantitative estimate of drug-likeness (QED) is 0.279. The molecule has 0 unspecified atom stereocenters. The summed E-state index contributed by atoms with van der Waals surface area (Å²) in [5, 5.41) is 0. The molecule has 5 heteroatoms. The van der Waals surface area contributed by atoms with Gasteiger partial charge in [0.2, 0.25) is 9.84 Å². The van der Waals surface area contributed by atoms with Crippen molar-refractivity contribution >= 4 is 9.84 Å². The number of hydrogen-bond donors (Lipinski definition) is 0. The summed E-state index contributed by atoms with van der Waals surface area (Å²) in [5.74, 6) is 2.58. The minimum Gasteiger partial charge on any atom is -0.457 e. The Labute approximate surface area is 195 Å². The fourth-order valence-corrected chi connectivity index (χ4v) is 4.63. The van der Waals surface area contributed by atoms with E-state index < -0.39 is 9.84 Å². The number of aryl methyl sites for hydroxylation is 2. The summed E-state index contributed by atoms with van der Waals surface area (Å²) in [6.45, 7) is 4.20. The number of rotatable bonds is 8. The number of benzene rings is 4. The van der Waals surface area contributed by atoms with Crippen LogP contribution in [-0.2, 0) is 22.7 Å². The monoisotopic (exact) mass is 458 g/mol. The van der Waals surface area contributed by atoms with Gasteiger partial charge in [-0.2, -0.15) is 0 Å². The average Bonchev–Trinajstić information content (AvgIpc) is 2.86. The maximum absolute atomic E-state index is 13.0. The molecular weight excluding hydrogens is 432 g/mol. The lowest BCUT2D eigenvalue weighted by atomic mass is 10.2. The summed E-state index contributed by atoms with van der Waals surface area (Å²) in [4.78, 5) is 0.417. The van der Waals surface area contributed by atoms with Gasteiger partial charge < -0.3 is 9.47 Å². The van der Waals surface area contributed by atoms with E-state index in [2.05, 4.69) is 13.8 Å². The summed E-state index contributed by atoms with van der Waals surface area (Å²) < 4.78 is 37.7. The molecule has 0 saturated heterocycles. The van der Waals surface area contributed by atoms with Gasteiger partial charge in [0, 0.05) is 0 Å². The van der Waals surface area contributed by atoms with Crippen molar-refractivity contribution < 1.29 is 17.9 Å². The molecule has 0 aliphatic rings. The highest BCUT2D eigenvalue weighted by Crippen LogP contribution is 2.28. The molecule has 0 amide bonds. The normalized spacial score (nSPS) is 11.2. The Bertz CT molecular complexity index is 1190. The Kier molecular flexibility index (Phi) is 6.80. The summed E-state index contributed by atoms with van der Waals surface area (Å²) in [7, 11) is -3.65. The van der Waals surface area contributed by atoms with Gasteiger partial charge in [-0.3, -0.25) is 0 Å². The lowest BCUT2D eigenvalue weighted by Crippen LogP contribution is -2.01. The summed E-state index contributed by atoms with van der Waals surface area (Å²) in [5.41, 5.74) is 2.46. The first-order valence-corrected chi connectivity index (χ1v) is 12.4. The third-order valence-electron chi connectivity index (χ3n) is 5.40. The zero-order chi connectivity index (χ0) is 23.3. The molecule has 0 aromatic heterocycles. The zero-order valence-corrected chi connectivity index (χ0v) is 19.5. The van der Waals surface area contributed by atoms with Gasteiger partial charge in [0.15, 0.2) is 0 Å². The van der Waals surface area contributed by atoms with Crippen molar-refractivity contribution in [1.82, 2.24) is 0 Å². The molecule has 168 valence electrons. The molecular formula is C28H26O4S. The predicted octanol–water partition coefficient (Wildman–Crippen LogP) is 7.23. The third kappa shape index (κ3) is 5.44. The first-order chi connectivity index (χ1) is 16.0. The van der Waals surface area contributed by atoms with Crippen LogP contribution >= 0.6 is 0 Å². The van der Waals surface area contributed by atoms with E-state index in [1.165, 1.54) is 11.1 Å². The second-order valence-electron chi connectivity index (χ2n) is 7.65. The van der Waals surface area contributed by atoms with Crippen molar-refractivity contribution in [2.45, 2.75) is 36.5 Å². The van der Waals surface area contributed by atoms with Gasteiger partial charge in [0.1, 0.15) is 23.0 Å². The van der Waals surface area contributed by atoms with Crippen LogP contribution in [0.2, 0.25) is 0 Å². The molecule has 33 heavy (non-hydrogen) atoms. The largest absolute Gasteiger partial charge is 0.457 e. The van der Waals surface area contributed by atoms with Crippen LogP contribution in [0, 0.1) is 0 Å². The first-order valence-electron chi connectivity index (χ1n) is 11.0. The van der Waals surface area contributed by atoms with Crippen molar-refractivity contribution in [3.05, 3.63) is 108 Å². The second-order valence-corrected chi connectivity index (χ2v) is 9.60. The van der Waals surface area contributed by atoms with Gasteiger partial charge in [0.25, 0.3) is 0 Å². The van der Waals surface area contributed by atoms with Gasteiger partial charge in [-0.1, -0.05) is 38.1 Å². The summed E-state index contributed by atoms with van der Waals surface area (Å²) >= 11 is 0. The molecule has 4 rings (SSSR count). The standard InChI is InChI=1S/C28H26O4S/c1-3-21-5-9-23(10-6-21)31-25-13-17-27(18-14-25)33(29,30)28-19-15-26(16-20-28)32-24-11-7-22(4-2)8-12-24/h5-20H,3-4H2,1-2H3. The van der Waals surface area contributed by atoms with Crippen LogP contribution in [0.25, 0.3) is 0 Å². The maximum Gasteiger partial charge on any atom is 0.206 e. The molecule has 4 aromatic carbocycles. The zero-order valence-electron chi connectivity index (χ0n) is 18.7. The van der Waals surface area contributed by atoms with Crippen molar-refractivity contribution in [3.63, 3.8) is 0 Å². The highest BCUT2D eigenvalue weighted by molar-refractivity contribution is 7.91. The van der Waals surface area contributed by atoms with Crippen molar-refractivity contribution in [3.8, 4) is 23.0 Å². The molecule has 0 N–H and O–H groups in total. The Morgan fingerprint density at radius 3 is 1.03 bits per heavy atom. The SMILES string of the molecule is CCc1ccc(Oc2ccc(S(=O)(=O)c3ccc(Oc4ccc(CC)cc4)cc3)cc2)cc1. The van der Waals surface area contributed by atoms with E-state index in [0.717, 1.165) is 12.8 Å². The van der Waals surface area contributed by atoms with Crippen LogP contribution in [0.3, 0.4) is 0 Å². The first kappa shape index (κ1) is 22.6. The van der Waals surface area contributed by atoms with Crippen LogP contribution in [-0.4, -0.2) is 8.42 Å².